The van der Waals surface area contributed by atoms with Crippen molar-refractivity contribution in [3.63, 3.8) is 0 Å². The molecule has 0 unspecified atom stereocenters. The lowest BCUT2D eigenvalue weighted by atomic mass is 9.96. The average Bonchev–Trinajstić information content (AvgIpc) is 2.58. The number of carbonyl (C=O) groups excluding carboxylic acids is 2. The molecule has 1 aliphatic heterocycles. The van der Waals surface area contributed by atoms with Gasteiger partial charge in [0.1, 0.15) is 5.67 Å². The lowest BCUT2D eigenvalue weighted by Gasteiger charge is -2.31. The topological polar surface area (TPSA) is 61.4 Å². The number of hydrogen-bond acceptors (Lipinski definition) is 3. The van der Waals surface area contributed by atoms with Crippen LogP contribution in [0, 0.1) is 5.92 Å². The minimum atomic E-state index is -1.40. The highest BCUT2D eigenvalue weighted by Gasteiger charge is 2.22. The zero-order valence-corrected chi connectivity index (χ0v) is 16.1. The maximum atomic E-state index is 13.4. The molecule has 1 aliphatic rings. The van der Waals surface area contributed by atoms with Crippen molar-refractivity contribution in [2.45, 2.75) is 32.4 Å². The van der Waals surface area contributed by atoms with Gasteiger partial charge in [0.15, 0.2) is 0 Å². The second kappa shape index (κ2) is 9.33. The molecule has 2 amide bonds. The summed E-state index contributed by atoms with van der Waals surface area (Å²) >= 11 is 5.90. The number of piperidine rings is 1. The number of benzene rings is 1. The Bertz CT molecular complexity index is 625. The van der Waals surface area contributed by atoms with Gasteiger partial charge in [0.25, 0.3) is 5.91 Å². The molecule has 0 aliphatic carbocycles. The Morgan fingerprint density at radius 2 is 1.96 bits per heavy atom. The predicted molar refractivity (Wildman–Crippen MR) is 101 cm³/mol. The summed E-state index contributed by atoms with van der Waals surface area (Å²) in [6, 6.07) is 6.88. The Labute approximate surface area is 159 Å². The van der Waals surface area contributed by atoms with Gasteiger partial charge in [0.05, 0.1) is 13.1 Å². The van der Waals surface area contributed by atoms with Gasteiger partial charge in [0, 0.05) is 17.1 Å². The third-order valence-electron chi connectivity index (χ3n) is 4.42. The lowest BCUT2D eigenvalue weighted by molar-refractivity contribution is -0.123. The van der Waals surface area contributed by atoms with Crippen LogP contribution in [0.2, 0.25) is 5.02 Å². The number of amides is 2. The third-order valence-corrected chi connectivity index (χ3v) is 4.65. The van der Waals surface area contributed by atoms with Crippen molar-refractivity contribution in [1.29, 1.82) is 0 Å². The molecule has 5 nitrogen and oxygen atoms in total. The summed E-state index contributed by atoms with van der Waals surface area (Å²) in [5.41, 5.74) is -0.841. The van der Waals surface area contributed by atoms with Gasteiger partial charge in [-0.2, -0.15) is 0 Å². The van der Waals surface area contributed by atoms with Crippen LogP contribution in [-0.4, -0.2) is 55.1 Å². The molecule has 1 aromatic carbocycles. The van der Waals surface area contributed by atoms with Crippen molar-refractivity contribution in [2.75, 3.05) is 32.7 Å². The molecule has 144 valence electrons. The van der Waals surface area contributed by atoms with Crippen molar-refractivity contribution in [3.05, 3.63) is 34.9 Å². The largest absolute Gasteiger partial charge is 0.352 e. The number of halogens is 2. The second-order valence-electron chi connectivity index (χ2n) is 7.44. The first-order chi connectivity index (χ1) is 12.2. The zero-order valence-electron chi connectivity index (χ0n) is 15.4. The van der Waals surface area contributed by atoms with Crippen LogP contribution in [-0.2, 0) is 4.79 Å². The lowest BCUT2D eigenvalue weighted by Crippen LogP contribution is -2.45. The van der Waals surface area contributed by atoms with Gasteiger partial charge in [0.2, 0.25) is 5.91 Å². The van der Waals surface area contributed by atoms with Gasteiger partial charge in [-0.15, -0.1) is 0 Å². The normalized spacial score (nSPS) is 16.3. The Hall–Kier alpha value is -1.66. The van der Waals surface area contributed by atoms with Crippen molar-refractivity contribution >= 4 is 23.4 Å². The van der Waals surface area contributed by atoms with E-state index < -0.39 is 5.67 Å². The number of alkyl halides is 1. The van der Waals surface area contributed by atoms with Crippen molar-refractivity contribution in [2.24, 2.45) is 5.92 Å². The molecule has 0 aromatic heterocycles. The van der Waals surface area contributed by atoms with E-state index in [2.05, 4.69) is 15.5 Å². The Morgan fingerprint density at radius 1 is 1.27 bits per heavy atom. The molecule has 7 heteroatoms. The Kier molecular flexibility index (Phi) is 7.41. The molecule has 0 saturated carbocycles. The zero-order chi connectivity index (χ0) is 19.2. The monoisotopic (exact) mass is 383 g/mol. The van der Waals surface area contributed by atoms with Crippen LogP contribution in [0.15, 0.2) is 24.3 Å². The third kappa shape index (κ3) is 7.30. The number of carbonyl (C=O) groups is 2. The van der Waals surface area contributed by atoms with E-state index >= 15 is 0 Å². The van der Waals surface area contributed by atoms with Gasteiger partial charge in [-0.25, -0.2) is 4.39 Å². The maximum Gasteiger partial charge on any atom is 0.251 e. The fraction of sp³-hybridized carbons (Fsp3) is 0.579. The fourth-order valence-electron chi connectivity index (χ4n) is 2.89. The first kappa shape index (κ1) is 20.6. The van der Waals surface area contributed by atoms with Gasteiger partial charge in [-0.1, -0.05) is 17.7 Å². The van der Waals surface area contributed by atoms with E-state index in [0.29, 0.717) is 23.0 Å². The number of hydrogen-bond donors (Lipinski definition) is 2. The highest BCUT2D eigenvalue weighted by atomic mass is 35.5. The number of rotatable bonds is 7. The van der Waals surface area contributed by atoms with Crippen molar-refractivity contribution < 1.29 is 14.0 Å². The summed E-state index contributed by atoms with van der Waals surface area (Å²) < 4.78 is 13.4. The van der Waals surface area contributed by atoms with Crippen LogP contribution < -0.4 is 10.6 Å². The molecule has 1 aromatic rings. The SMILES string of the molecule is CC(C)(F)CNC(=O)CN1CCC(CNC(=O)c2cccc(Cl)c2)CC1. The van der Waals surface area contributed by atoms with Crippen LogP contribution in [0.25, 0.3) is 0 Å². The van der Waals surface area contributed by atoms with Gasteiger partial charge in [-0.3, -0.25) is 14.5 Å². The van der Waals surface area contributed by atoms with Gasteiger partial charge >= 0.3 is 0 Å². The Morgan fingerprint density at radius 3 is 2.58 bits per heavy atom. The smallest absolute Gasteiger partial charge is 0.251 e. The molecule has 0 atom stereocenters. The second-order valence-corrected chi connectivity index (χ2v) is 7.87. The van der Waals surface area contributed by atoms with Crippen LogP contribution in [0.3, 0.4) is 0 Å². The molecule has 1 fully saturated rings. The first-order valence-corrected chi connectivity index (χ1v) is 9.32. The summed E-state index contributed by atoms with van der Waals surface area (Å²) in [5, 5.41) is 6.11. The highest BCUT2D eigenvalue weighted by molar-refractivity contribution is 6.30. The average molecular weight is 384 g/mol. The maximum absolute atomic E-state index is 13.4. The molecular weight excluding hydrogens is 357 g/mol. The number of nitrogens with one attached hydrogen (secondary N) is 2. The van der Waals surface area contributed by atoms with Crippen molar-refractivity contribution in [3.8, 4) is 0 Å². The van der Waals surface area contributed by atoms with E-state index in [1.54, 1.807) is 24.3 Å². The van der Waals surface area contributed by atoms with Crippen LogP contribution in [0.5, 0.6) is 0 Å². The summed E-state index contributed by atoms with van der Waals surface area (Å²) in [5.74, 6) is 0.119. The van der Waals surface area contributed by atoms with E-state index in [1.807, 2.05) is 0 Å². The highest BCUT2D eigenvalue weighted by Crippen LogP contribution is 2.17. The molecule has 0 radical (unpaired) electrons. The summed E-state index contributed by atoms with van der Waals surface area (Å²) in [4.78, 5) is 26.1. The molecule has 26 heavy (non-hydrogen) atoms. The minimum absolute atomic E-state index is 0.0256. The first-order valence-electron chi connectivity index (χ1n) is 8.95. The molecule has 1 heterocycles. The van der Waals surface area contributed by atoms with E-state index in [-0.39, 0.29) is 24.9 Å². The molecule has 2 N–H and O–H groups in total. The van der Waals surface area contributed by atoms with E-state index in [1.165, 1.54) is 13.8 Å². The molecule has 1 saturated heterocycles. The quantitative estimate of drug-likeness (QED) is 0.761. The number of likely N-dealkylation sites (tertiary alicyclic amines) is 1. The molecule has 2 rings (SSSR count). The van der Waals surface area contributed by atoms with Crippen LogP contribution in [0.1, 0.15) is 37.0 Å². The Balaban J connectivity index is 1.67. The van der Waals surface area contributed by atoms with Crippen LogP contribution >= 0.6 is 11.6 Å². The molecule has 0 bridgehead atoms. The summed E-state index contributed by atoms with van der Waals surface area (Å²) in [7, 11) is 0. The number of nitrogens with zero attached hydrogens (tertiary/aromatic N) is 1. The van der Waals surface area contributed by atoms with Gasteiger partial charge < -0.3 is 10.6 Å². The van der Waals surface area contributed by atoms with Gasteiger partial charge in [-0.05, 0) is 63.9 Å². The standard InChI is InChI=1S/C19H27ClFN3O2/c1-19(2,21)13-23-17(25)12-24-8-6-14(7-9-24)11-22-18(26)15-4-3-5-16(20)10-15/h3-5,10,14H,6-9,11-13H2,1-2H3,(H,22,26)(H,23,25). The predicted octanol–water partition coefficient (Wildman–Crippen LogP) is 2.65. The summed E-state index contributed by atoms with van der Waals surface area (Å²) in [6.45, 7) is 5.40. The fourth-order valence-corrected chi connectivity index (χ4v) is 3.08. The van der Waals surface area contributed by atoms with E-state index in [4.69, 9.17) is 11.6 Å². The van der Waals surface area contributed by atoms with E-state index in [9.17, 15) is 14.0 Å². The van der Waals surface area contributed by atoms with Crippen LogP contribution in [0.4, 0.5) is 4.39 Å². The summed E-state index contributed by atoms with van der Waals surface area (Å²) in [6.07, 6.45) is 1.83. The van der Waals surface area contributed by atoms with Crippen molar-refractivity contribution in [1.82, 2.24) is 15.5 Å². The van der Waals surface area contributed by atoms with E-state index in [0.717, 1.165) is 25.9 Å². The molecular formula is C19H27ClFN3O2. The minimum Gasteiger partial charge on any atom is -0.352 e. The molecule has 0 spiro atoms.